The molecule has 0 spiro atoms. The van der Waals surface area contributed by atoms with Gasteiger partial charge in [-0.15, -0.1) is 0 Å². The Morgan fingerprint density at radius 1 is 0.703 bits per heavy atom. The number of hydrogen-bond acceptors (Lipinski definition) is 7. The number of rotatable bonds is 13. The Morgan fingerprint density at radius 2 is 1.16 bits per heavy atom. The lowest BCUT2D eigenvalue weighted by atomic mass is 10.0. The molecule has 8 N–H and O–H groups in total. The van der Waals surface area contributed by atoms with Gasteiger partial charge in [0.05, 0.1) is 12.2 Å². The second kappa shape index (κ2) is 14.1. The van der Waals surface area contributed by atoms with Crippen LogP contribution in [0, 0.1) is 0 Å². The molecule has 6 unspecified atom stereocenters. The van der Waals surface area contributed by atoms with E-state index in [0.717, 1.165) is 0 Å². The highest BCUT2D eigenvalue weighted by molar-refractivity contribution is 5.94. The van der Waals surface area contributed by atoms with E-state index < -0.39 is 60.1 Å². The van der Waals surface area contributed by atoms with Crippen molar-refractivity contribution in [1.82, 2.24) is 16.0 Å². The number of aliphatic hydroxyl groups excluding tert-OH is 2. The minimum atomic E-state index is -1.51. The van der Waals surface area contributed by atoms with Gasteiger partial charge in [0.1, 0.15) is 24.2 Å². The third kappa shape index (κ3) is 9.30. The molecule has 0 aliphatic heterocycles. The Labute approximate surface area is 215 Å². The second-order valence-corrected chi connectivity index (χ2v) is 8.83. The highest BCUT2D eigenvalue weighted by Gasteiger charge is 2.33. The molecule has 2 rings (SSSR count). The lowest BCUT2D eigenvalue weighted by Crippen LogP contribution is -2.61. The van der Waals surface area contributed by atoms with Crippen molar-refractivity contribution < 1.29 is 34.5 Å². The summed E-state index contributed by atoms with van der Waals surface area (Å²) in [5.41, 5.74) is 7.06. The van der Waals surface area contributed by atoms with Gasteiger partial charge in [0.2, 0.25) is 17.7 Å². The molecule has 0 aliphatic rings. The van der Waals surface area contributed by atoms with Crippen LogP contribution in [-0.2, 0) is 32.0 Å². The SMILES string of the molecule is CC(O)C(N)C(=O)NC(Cc1ccccc1)C(=O)NC(C(=O)NC(Cc1ccccc1)C(=O)O)C(C)O. The van der Waals surface area contributed by atoms with Crippen molar-refractivity contribution in [1.29, 1.82) is 0 Å². The Balaban J connectivity index is 2.19. The van der Waals surface area contributed by atoms with Crippen LogP contribution in [0.5, 0.6) is 0 Å². The first-order valence-corrected chi connectivity index (χ1v) is 11.8. The van der Waals surface area contributed by atoms with Gasteiger partial charge in [-0.05, 0) is 25.0 Å². The number of amides is 3. The number of carbonyl (C=O) groups excluding carboxylic acids is 3. The summed E-state index contributed by atoms with van der Waals surface area (Å²) >= 11 is 0. The van der Waals surface area contributed by atoms with Crippen LogP contribution in [0.3, 0.4) is 0 Å². The highest BCUT2D eigenvalue weighted by atomic mass is 16.4. The fourth-order valence-electron chi connectivity index (χ4n) is 3.52. The van der Waals surface area contributed by atoms with E-state index in [1.54, 1.807) is 60.7 Å². The van der Waals surface area contributed by atoms with Crippen molar-refractivity contribution in [2.75, 3.05) is 0 Å². The van der Waals surface area contributed by atoms with Gasteiger partial charge in [-0.2, -0.15) is 0 Å². The number of aliphatic carboxylic acids is 1. The summed E-state index contributed by atoms with van der Waals surface area (Å²) in [6, 6.07) is 12.1. The monoisotopic (exact) mass is 514 g/mol. The molecule has 0 bridgehead atoms. The minimum absolute atomic E-state index is 0.00763. The smallest absolute Gasteiger partial charge is 0.326 e. The van der Waals surface area contributed by atoms with Gasteiger partial charge in [-0.3, -0.25) is 14.4 Å². The van der Waals surface area contributed by atoms with E-state index in [1.165, 1.54) is 13.8 Å². The minimum Gasteiger partial charge on any atom is -0.480 e. The van der Waals surface area contributed by atoms with E-state index in [2.05, 4.69) is 16.0 Å². The number of carboxylic acids is 1. The molecule has 11 nitrogen and oxygen atoms in total. The van der Waals surface area contributed by atoms with Gasteiger partial charge >= 0.3 is 5.97 Å². The lowest BCUT2D eigenvalue weighted by Gasteiger charge is -2.27. The maximum Gasteiger partial charge on any atom is 0.326 e. The van der Waals surface area contributed by atoms with Crippen molar-refractivity contribution in [3.05, 3.63) is 71.8 Å². The number of nitrogens with two attached hydrogens (primary N) is 1. The van der Waals surface area contributed by atoms with E-state index in [4.69, 9.17) is 5.73 Å². The van der Waals surface area contributed by atoms with Gasteiger partial charge < -0.3 is 37.0 Å². The zero-order valence-corrected chi connectivity index (χ0v) is 20.7. The Hall–Kier alpha value is -3.80. The fraction of sp³-hybridized carbons (Fsp3) is 0.385. The topological polar surface area (TPSA) is 191 Å². The number of benzene rings is 2. The van der Waals surface area contributed by atoms with E-state index >= 15 is 0 Å². The molecule has 0 fully saturated rings. The van der Waals surface area contributed by atoms with Crippen LogP contribution < -0.4 is 21.7 Å². The predicted octanol–water partition coefficient (Wildman–Crippen LogP) is -0.900. The molecule has 0 aromatic heterocycles. The van der Waals surface area contributed by atoms with E-state index in [-0.39, 0.29) is 12.8 Å². The maximum atomic E-state index is 13.2. The van der Waals surface area contributed by atoms with Gasteiger partial charge in [0.25, 0.3) is 0 Å². The standard InChI is InChI=1S/C26H34N4O7/c1-15(31)21(27)24(34)28-19(13-17-9-5-3-6-10-17)23(33)30-22(16(2)32)25(35)29-20(26(36)37)14-18-11-7-4-8-12-18/h3-12,15-16,19-22,31-32H,13-14,27H2,1-2H3,(H,28,34)(H,29,35)(H,30,33)(H,36,37). The molecule has 0 heterocycles. The van der Waals surface area contributed by atoms with E-state index in [0.29, 0.717) is 11.1 Å². The summed E-state index contributed by atoms with van der Waals surface area (Å²) in [5.74, 6) is -3.77. The maximum absolute atomic E-state index is 13.2. The zero-order valence-electron chi connectivity index (χ0n) is 20.7. The predicted molar refractivity (Wildman–Crippen MR) is 135 cm³/mol. The van der Waals surface area contributed by atoms with E-state index in [1.807, 2.05) is 0 Å². The molecule has 2 aromatic carbocycles. The summed E-state index contributed by atoms with van der Waals surface area (Å²) in [7, 11) is 0. The summed E-state index contributed by atoms with van der Waals surface area (Å²) in [5, 5.41) is 36.7. The third-order valence-corrected chi connectivity index (χ3v) is 5.70. The normalized spacial score (nSPS) is 15.8. The molecule has 0 saturated heterocycles. The van der Waals surface area contributed by atoms with Crippen molar-refractivity contribution in [3.8, 4) is 0 Å². The third-order valence-electron chi connectivity index (χ3n) is 5.70. The molecule has 6 atom stereocenters. The van der Waals surface area contributed by atoms with Gasteiger partial charge in [0, 0.05) is 12.8 Å². The second-order valence-electron chi connectivity index (χ2n) is 8.83. The first-order valence-electron chi connectivity index (χ1n) is 11.8. The van der Waals surface area contributed by atoms with Crippen molar-refractivity contribution in [2.45, 2.75) is 63.1 Å². The molecule has 2 aromatic rings. The summed E-state index contributed by atoms with van der Waals surface area (Å²) < 4.78 is 0. The van der Waals surface area contributed by atoms with Crippen LogP contribution in [0.4, 0.5) is 0 Å². The lowest BCUT2D eigenvalue weighted by molar-refractivity contribution is -0.143. The average molecular weight is 515 g/mol. The molecule has 3 amide bonds. The highest BCUT2D eigenvalue weighted by Crippen LogP contribution is 2.07. The number of nitrogens with one attached hydrogen (secondary N) is 3. The zero-order chi connectivity index (χ0) is 27.5. The number of hydrogen-bond donors (Lipinski definition) is 7. The van der Waals surface area contributed by atoms with Crippen LogP contribution in [-0.4, -0.2) is 75.4 Å². The molecule has 200 valence electrons. The molecule has 11 heteroatoms. The van der Waals surface area contributed by atoms with Crippen molar-refractivity contribution >= 4 is 23.7 Å². The van der Waals surface area contributed by atoms with Crippen LogP contribution >= 0.6 is 0 Å². The van der Waals surface area contributed by atoms with Gasteiger partial charge in [0.15, 0.2) is 0 Å². The Morgan fingerprint density at radius 3 is 1.59 bits per heavy atom. The Kier molecular flexibility index (Phi) is 11.2. The quantitative estimate of drug-likeness (QED) is 0.179. The van der Waals surface area contributed by atoms with Crippen LogP contribution in [0.2, 0.25) is 0 Å². The number of carbonyl (C=O) groups is 4. The molecule has 0 saturated carbocycles. The van der Waals surface area contributed by atoms with Crippen LogP contribution in [0.1, 0.15) is 25.0 Å². The largest absolute Gasteiger partial charge is 0.480 e. The Bertz CT molecular complexity index is 1050. The molecule has 37 heavy (non-hydrogen) atoms. The molecular weight excluding hydrogens is 480 g/mol. The van der Waals surface area contributed by atoms with Gasteiger partial charge in [-0.25, -0.2) is 4.79 Å². The van der Waals surface area contributed by atoms with Crippen LogP contribution in [0.25, 0.3) is 0 Å². The molecule has 0 aliphatic carbocycles. The fourth-order valence-corrected chi connectivity index (χ4v) is 3.52. The average Bonchev–Trinajstić information content (AvgIpc) is 2.86. The number of carboxylic acid groups (broad SMARTS) is 1. The van der Waals surface area contributed by atoms with E-state index in [9.17, 15) is 34.5 Å². The molecular formula is C26H34N4O7. The van der Waals surface area contributed by atoms with Crippen molar-refractivity contribution in [2.24, 2.45) is 5.73 Å². The summed E-state index contributed by atoms with van der Waals surface area (Å²) in [6.07, 6.45) is -2.53. The first-order chi connectivity index (χ1) is 17.5. The first kappa shape index (κ1) is 29.4. The van der Waals surface area contributed by atoms with Crippen molar-refractivity contribution in [3.63, 3.8) is 0 Å². The number of aliphatic hydroxyl groups is 2. The molecule has 0 radical (unpaired) electrons. The van der Waals surface area contributed by atoms with Crippen LogP contribution in [0.15, 0.2) is 60.7 Å². The summed E-state index contributed by atoms with van der Waals surface area (Å²) in [6.45, 7) is 2.60. The summed E-state index contributed by atoms with van der Waals surface area (Å²) in [4.78, 5) is 50.3. The van der Waals surface area contributed by atoms with Gasteiger partial charge in [-0.1, -0.05) is 60.7 Å².